The summed E-state index contributed by atoms with van der Waals surface area (Å²) < 4.78 is 4.70. The van der Waals surface area contributed by atoms with Crippen LogP contribution in [0.3, 0.4) is 0 Å². The van der Waals surface area contributed by atoms with Crippen molar-refractivity contribution < 1.29 is 0 Å². The SMILES string of the molecule is c1ccc(-c2cccc(-n3c4ccccc4c4ccc5c6ccccc6n(-c6nc(-c7ccccc7)nc(-c7cccc(C8c9ccccc9-c9ccccc98)c7)n6)c5c43)c2)cc1. The summed E-state index contributed by atoms with van der Waals surface area (Å²) >= 11 is 0. The molecule has 3 heterocycles. The fourth-order valence-electron chi connectivity index (χ4n) is 10.1. The Labute approximate surface area is 363 Å². The highest BCUT2D eigenvalue weighted by molar-refractivity contribution is 6.23. The van der Waals surface area contributed by atoms with Gasteiger partial charge in [0.2, 0.25) is 5.95 Å². The van der Waals surface area contributed by atoms with Gasteiger partial charge in [0.25, 0.3) is 0 Å². The lowest BCUT2D eigenvalue weighted by molar-refractivity contribution is 0.951. The second kappa shape index (κ2) is 14.1. The van der Waals surface area contributed by atoms with E-state index in [2.05, 4.69) is 209 Å². The Bertz CT molecular complexity index is 3700. The summed E-state index contributed by atoms with van der Waals surface area (Å²) in [7, 11) is 0. The molecule has 5 nitrogen and oxygen atoms in total. The van der Waals surface area contributed by atoms with Crippen molar-refractivity contribution in [1.29, 1.82) is 0 Å². The Morgan fingerprint density at radius 1 is 0.333 bits per heavy atom. The average molecular weight is 804 g/mol. The lowest BCUT2D eigenvalue weighted by atomic mass is 9.88. The molecule has 13 rings (SSSR count). The molecule has 0 bridgehead atoms. The first-order valence-electron chi connectivity index (χ1n) is 21.5. The predicted molar refractivity (Wildman–Crippen MR) is 258 cm³/mol. The van der Waals surface area contributed by atoms with Gasteiger partial charge in [0.05, 0.1) is 22.1 Å². The monoisotopic (exact) mass is 803 g/mol. The zero-order valence-electron chi connectivity index (χ0n) is 34.1. The maximum atomic E-state index is 5.48. The molecule has 0 N–H and O–H groups in total. The summed E-state index contributed by atoms with van der Waals surface area (Å²) in [4.78, 5) is 16.1. The second-order valence-electron chi connectivity index (χ2n) is 16.4. The molecule has 0 saturated heterocycles. The Morgan fingerprint density at radius 2 is 0.841 bits per heavy atom. The third-order valence-electron chi connectivity index (χ3n) is 12.8. The topological polar surface area (TPSA) is 48.5 Å². The summed E-state index contributed by atoms with van der Waals surface area (Å²) in [6.45, 7) is 0. The number of para-hydroxylation sites is 2. The zero-order chi connectivity index (χ0) is 41.4. The van der Waals surface area contributed by atoms with Gasteiger partial charge in [-0.05, 0) is 69.3 Å². The van der Waals surface area contributed by atoms with Gasteiger partial charge in [-0.25, -0.2) is 4.98 Å². The molecule has 63 heavy (non-hydrogen) atoms. The molecule has 0 spiro atoms. The van der Waals surface area contributed by atoms with Crippen LogP contribution in [0.15, 0.2) is 218 Å². The predicted octanol–water partition coefficient (Wildman–Crippen LogP) is 14.2. The normalized spacial score (nSPS) is 12.4. The first-order valence-corrected chi connectivity index (χ1v) is 21.5. The van der Waals surface area contributed by atoms with Crippen LogP contribution >= 0.6 is 0 Å². The number of hydrogen-bond donors (Lipinski definition) is 0. The molecule has 0 saturated carbocycles. The molecule has 1 aliphatic rings. The number of benzene rings is 9. The maximum Gasteiger partial charge on any atom is 0.238 e. The quantitative estimate of drug-likeness (QED) is 0.168. The van der Waals surface area contributed by atoms with Crippen molar-refractivity contribution in [2.45, 2.75) is 5.92 Å². The van der Waals surface area contributed by atoms with Gasteiger partial charge in [0, 0.05) is 44.3 Å². The molecule has 12 aromatic rings. The molecule has 0 radical (unpaired) electrons. The highest BCUT2D eigenvalue weighted by Crippen LogP contribution is 2.48. The van der Waals surface area contributed by atoms with Crippen LogP contribution in [0.2, 0.25) is 0 Å². The molecule has 0 aliphatic heterocycles. The average Bonchev–Trinajstić information content (AvgIpc) is 4.00. The van der Waals surface area contributed by atoms with Crippen LogP contribution in [0.5, 0.6) is 0 Å². The summed E-state index contributed by atoms with van der Waals surface area (Å²) in [5.74, 6) is 1.90. The van der Waals surface area contributed by atoms with Crippen LogP contribution in [0, 0.1) is 0 Å². The largest absolute Gasteiger partial charge is 0.307 e. The molecule has 0 fully saturated rings. The lowest BCUT2D eigenvalue weighted by Crippen LogP contribution is -2.07. The van der Waals surface area contributed by atoms with Crippen molar-refractivity contribution in [3.63, 3.8) is 0 Å². The van der Waals surface area contributed by atoms with E-state index in [9.17, 15) is 0 Å². The van der Waals surface area contributed by atoms with E-state index in [1.165, 1.54) is 38.8 Å². The minimum Gasteiger partial charge on any atom is -0.307 e. The molecule has 0 atom stereocenters. The van der Waals surface area contributed by atoms with Gasteiger partial charge in [-0.2, -0.15) is 9.97 Å². The van der Waals surface area contributed by atoms with Crippen LogP contribution in [0.25, 0.3) is 100 Å². The smallest absolute Gasteiger partial charge is 0.238 e. The first-order chi connectivity index (χ1) is 31.3. The van der Waals surface area contributed by atoms with E-state index in [4.69, 9.17) is 15.0 Å². The molecular formula is C58H37N5. The minimum atomic E-state index is 0.0974. The van der Waals surface area contributed by atoms with Gasteiger partial charge in [-0.3, -0.25) is 4.57 Å². The molecule has 0 amide bonds. The highest BCUT2D eigenvalue weighted by atomic mass is 15.2. The van der Waals surface area contributed by atoms with E-state index in [1.807, 2.05) is 18.2 Å². The Kier molecular flexibility index (Phi) is 7.90. The van der Waals surface area contributed by atoms with Crippen molar-refractivity contribution in [3.8, 4) is 56.7 Å². The Morgan fingerprint density at radius 3 is 1.52 bits per heavy atom. The molecular weight excluding hydrogens is 767 g/mol. The van der Waals surface area contributed by atoms with E-state index in [0.29, 0.717) is 17.6 Å². The Balaban J connectivity index is 1.09. The van der Waals surface area contributed by atoms with E-state index in [1.54, 1.807) is 0 Å². The first kappa shape index (κ1) is 35.4. The Hall–Kier alpha value is -8.41. The maximum absolute atomic E-state index is 5.48. The van der Waals surface area contributed by atoms with Crippen molar-refractivity contribution in [2.75, 3.05) is 0 Å². The zero-order valence-corrected chi connectivity index (χ0v) is 34.1. The van der Waals surface area contributed by atoms with Crippen LogP contribution in [0.1, 0.15) is 22.6 Å². The second-order valence-corrected chi connectivity index (χ2v) is 16.4. The fourth-order valence-corrected chi connectivity index (χ4v) is 10.1. The number of aromatic nitrogens is 5. The number of nitrogens with zero attached hydrogens (tertiary/aromatic N) is 5. The van der Waals surface area contributed by atoms with Crippen molar-refractivity contribution >= 4 is 43.6 Å². The van der Waals surface area contributed by atoms with Gasteiger partial charge in [0.15, 0.2) is 11.6 Å². The van der Waals surface area contributed by atoms with Crippen molar-refractivity contribution in [1.82, 2.24) is 24.1 Å². The van der Waals surface area contributed by atoms with Crippen molar-refractivity contribution in [2.24, 2.45) is 0 Å². The molecule has 3 aromatic heterocycles. The molecule has 5 heteroatoms. The van der Waals surface area contributed by atoms with E-state index < -0.39 is 0 Å². The number of fused-ring (bicyclic) bond motifs is 10. The van der Waals surface area contributed by atoms with Crippen LogP contribution in [-0.4, -0.2) is 24.1 Å². The van der Waals surface area contributed by atoms with Gasteiger partial charge >= 0.3 is 0 Å². The van der Waals surface area contributed by atoms with Gasteiger partial charge < -0.3 is 4.57 Å². The number of rotatable bonds is 6. The lowest BCUT2D eigenvalue weighted by Gasteiger charge is -2.16. The summed E-state index contributed by atoms with van der Waals surface area (Å²) in [5, 5.41) is 4.61. The van der Waals surface area contributed by atoms with Gasteiger partial charge in [-0.15, -0.1) is 0 Å². The minimum absolute atomic E-state index is 0.0974. The van der Waals surface area contributed by atoms with Crippen LogP contribution < -0.4 is 0 Å². The van der Waals surface area contributed by atoms with Crippen LogP contribution in [-0.2, 0) is 0 Å². The molecule has 294 valence electrons. The summed E-state index contributed by atoms with van der Waals surface area (Å²) in [5.41, 5.74) is 16.0. The van der Waals surface area contributed by atoms with Crippen LogP contribution in [0.4, 0.5) is 0 Å². The third kappa shape index (κ3) is 5.53. The van der Waals surface area contributed by atoms with Gasteiger partial charge in [-0.1, -0.05) is 188 Å². The molecule has 0 unspecified atom stereocenters. The molecule has 1 aliphatic carbocycles. The molecule has 9 aromatic carbocycles. The van der Waals surface area contributed by atoms with E-state index >= 15 is 0 Å². The van der Waals surface area contributed by atoms with Gasteiger partial charge in [0.1, 0.15) is 0 Å². The van der Waals surface area contributed by atoms with E-state index in [-0.39, 0.29) is 5.92 Å². The van der Waals surface area contributed by atoms with E-state index in [0.717, 1.165) is 60.6 Å². The summed E-state index contributed by atoms with van der Waals surface area (Å²) in [6, 6.07) is 78.0. The summed E-state index contributed by atoms with van der Waals surface area (Å²) in [6.07, 6.45) is 0. The third-order valence-corrected chi connectivity index (χ3v) is 12.8. The fraction of sp³-hybridized carbons (Fsp3) is 0.0172. The van der Waals surface area contributed by atoms with Crippen molar-refractivity contribution in [3.05, 3.63) is 235 Å². The standard InChI is InChI=1S/C58H37N5/c1-3-17-37(18-4-1)39-21-16-24-42(36-39)62-51-31-13-11-27-45(51)49-33-34-50-46-28-12-14-32-52(46)63(55(50)54(49)62)58-60-56(38-19-5-2-6-20-38)59-57(61-58)41-23-15-22-40(35-41)53-47-29-9-7-25-43(47)44-26-8-10-30-48(44)53/h1-36,53H. The number of hydrogen-bond acceptors (Lipinski definition) is 3. The highest BCUT2D eigenvalue weighted by Gasteiger charge is 2.30.